The molecule has 2 amide bonds. The number of piperidine rings is 1. The Morgan fingerprint density at radius 1 is 1.25 bits per heavy atom. The topological polar surface area (TPSA) is 49.9 Å². The molecule has 0 spiro atoms. The van der Waals surface area contributed by atoms with Gasteiger partial charge in [0.05, 0.1) is 5.92 Å². The molecule has 0 aliphatic carbocycles. The number of likely N-dealkylation sites (tertiary alicyclic amines) is 2. The molecule has 24 heavy (non-hydrogen) atoms. The quantitative estimate of drug-likeness (QED) is 0.851. The molecular formula is C19H26N2O3. The van der Waals surface area contributed by atoms with Crippen LogP contribution >= 0.6 is 0 Å². The number of benzene rings is 1. The van der Waals surface area contributed by atoms with Crippen LogP contribution in [0, 0.1) is 12.8 Å². The van der Waals surface area contributed by atoms with Crippen molar-refractivity contribution in [2.45, 2.75) is 39.2 Å². The Labute approximate surface area is 143 Å². The molecule has 2 heterocycles. The van der Waals surface area contributed by atoms with Crippen molar-refractivity contribution in [1.82, 2.24) is 9.80 Å². The summed E-state index contributed by atoms with van der Waals surface area (Å²) in [5.74, 6) is 1.01. The molecule has 0 unspecified atom stereocenters. The number of para-hydroxylation sites is 1. The molecule has 130 valence electrons. The van der Waals surface area contributed by atoms with Crippen molar-refractivity contribution in [3.63, 3.8) is 0 Å². The van der Waals surface area contributed by atoms with E-state index in [1.165, 1.54) is 0 Å². The molecule has 5 heteroatoms. The average molecular weight is 330 g/mol. The van der Waals surface area contributed by atoms with E-state index < -0.39 is 0 Å². The van der Waals surface area contributed by atoms with Crippen LogP contribution in [0.5, 0.6) is 5.75 Å². The third-order valence-electron chi connectivity index (χ3n) is 5.09. The highest BCUT2D eigenvalue weighted by atomic mass is 16.5. The van der Waals surface area contributed by atoms with Gasteiger partial charge in [0.25, 0.3) is 0 Å². The molecular weight excluding hydrogens is 304 g/mol. The second-order valence-corrected chi connectivity index (χ2v) is 6.74. The van der Waals surface area contributed by atoms with Gasteiger partial charge in [-0.15, -0.1) is 0 Å². The summed E-state index contributed by atoms with van der Waals surface area (Å²) < 4.78 is 6.09. The summed E-state index contributed by atoms with van der Waals surface area (Å²) in [7, 11) is 0. The second kappa shape index (κ2) is 7.24. The van der Waals surface area contributed by atoms with Crippen molar-refractivity contribution >= 4 is 11.8 Å². The van der Waals surface area contributed by atoms with E-state index in [1.807, 2.05) is 43.0 Å². The molecule has 3 rings (SSSR count). The Balaban J connectivity index is 1.51. The lowest BCUT2D eigenvalue weighted by molar-refractivity contribution is -0.137. The smallest absolute Gasteiger partial charge is 0.227 e. The lowest BCUT2D eigenvalue weighted by Crippen LogP contribution is -2.44. The van der Waals surface area contributed by atoms with E-state index in [2.05, 4.69) is 0 Å². The molecule has 0 aromatic heterocycles. The van der Waals surface area contributed by atoms with Crippen molar-refractivity contribution in [2.24, 2.45) is 5.92 Å². The summed E-state index contributed by atoms with van der Waals surface area (Å²) in [6, 6.07) is 8.03. The van der Waals surface area contributed by atoms with E-state index in [4.69, 9.17) is 4.74 Å². The molecule has 2 fully saturated rings. The van der Waals surface area contributed by atoms with E-state index in [1.54, 1.807) is 4.90 Å². The maximum absolute atomic E-state index is 12.6. The number of ether oxygens (including phenoxy) is 1. The molecule has 1 aromatic carbocycles. The highest BCUT2D eigenvalue weighted by Gasteiger charge is 2.36. The first-order valence-corrected chi connectivity index (χ1v) is 8.87. The minimum absolute atomic E-state index is 0.105. The molecule has 2 aliphatic heterocycles. The summed E-state index contributed by atoms with van der Waals surface area (Å²) >= 11 is 0. The van der Waals surface area contributed by atoms with Gasteiger partial charge in [-0.25, -0.2) is 0 Å². The molecule has 0 radical (unpaired) electrons. The Morgan fingerprint density at radius 2 is 1.96 bits per heavy atom. The minimum atomic E-state index is -0.161. The zero-order valence-corrected chi connectivity index (χ0v) is 14.5. The number of rotatable bonds is 4. The number of aryl methyl sites for hydroxylation is 1. The molecule has 1 aromatic rings. The maximum atomic E-state index is 12.6. The van der Waals surface area contributed by atoms with Gasteiger partial charge in [0.1, 0.15) is 11.9 Å². The van der Waals surface area contributed by atoms with Crippen LogP contribution in [0.2, 0.25) is 0 Å². The van der Waals surface area contributed by atoms with Crippen LogP contribution in [-0.4, -0.2) is 53.9 Å². The van der Waals surface area contributed by atoms with Crippen LogP contribution in [0.1, 0.15) is 31.7 Å². The third kappa shape index (κ3) is 3.55. The van der Waals surface area contributed by atoms with Gasteiger partial charge in [-0.3, -0.25) is 9.59 Å². The summed E-state index contributed by atoms with van der Waals surface area (Å²) in [6.07, 6.45) is 2.22. The number of carbonyl (C=O) groups excluding carboxylic acids is 2. The second-order valence-electron chi connectivity index (χ2n) is 6.74. The standard InChI is InChI=1S/C19H26N2O3/c1-3-20-13-15(12-18(20)22)19(23)21-10-8-16(9-11-21)24-17-7-5-4-6-14(17)2/h4-7,15-16H,3,8-13H2,1-2H3/t15-/m1/s1. The van der Waals surface area contributed by atoms with Crippen molar-refractivity contribution in [3.05, 3.63) is 29.8 Å². The van der Waals surface area contributed by atoms with Gasteiger partial charge in [0.15, 0.2) is 0 Å². The molecule has 1 atom stereocenters. The van der Waals surface area contributed by atoms with Crippen molar-refractivity contribution in [2.75, 3.05) is 26.2 Å². The third-order valence-corrected chi connectivity index (χ3v) is 5.09. The summed E-state index contributed by atoms with van der Waals surface area (Å²) in [5.41, 5.74) is 1.14. The van der Waals surface area contributed by atoms with E-state index >= 15 is 0 Å². The van der Waals surface area contributed by atoms with Crippen molar-refractivity contribution in [1.29, 1.82) is 0 Å². The maximum Gasteiger partial charge on any atom is 0.227 e. The SMILES string of the molecule is CCN1C[C@H](C(=O)N2CCC(Oc3ccccc3C)CC2)CC1=O. The number of hydrogen-bond acceptors (Lipinski definition) is 3. The first kappa shape index (κ1) is 16.8. The molecule has 0 saturated carbocycles. The largest absolute Gasteiger partial charge is 0.490 e. The van der Waals surface area contributed by atoms with Gasteiger partial charge in [-0.1, -0.05) is 18.2 Å². The molecule has 5 nitrogen and oxygen atoms in total. The van der Waals surface area contributed by atoms with Crippen LogP contribution in [0.4, 0.5) is 0 Å². The van der Waals surface area contributed by atoms with Crippen LogP contribution in [0.15, 0.2) is 24.3 Å². The first-order chi connectivity index (χ1) is 11.6. The first-order valence-electron chi connectivity index (χ1n) is 8.87. The number of hydrogen-bond donors (Lipinski definition) is 0. The van der Waals surface area contributed by atoms with Crippen LogP contribution in [0.25, 0.3) is 0 Å². The van der Waals surface area contributed by atoms with E-state index in [0.717, 1.165) is 24.2 Å². The normalized spacial score (nSPS) is 22.1. The summed E-state index contributed by atoms with van der Waals surface area (Å²) in [5, 5.41) is 0. The fourth-order valence-electron chi connectivity index (χ4n) is 3.56. The van der Waals surface area contributed by atoms with E-state index in [-0.39, 0.29) is 23.8 Å². The fourth-order valence-corrected chi connectivity index (χ4v) is 3.56. The van der Waals surface area contributed by atoms with Crippen molar-refractivity contribution in [3.8, 4) is 5.75 Å². The van der Waals surface area contributed by atoms with Crippen LogP contribution in [-0.2, 0) is 9.59 Å². The van der Waals surface area contributed by atoms with Gasteiger partial charge in [0.2, 0.25) is 11.8 Å². The predicted molar refractivity (Wildman–Crippen MR) is 91.8 cm³/mol. The average Bonchev–Trinajstić information content (AvgIpc) is 2.98. The molecule has 2 saturated heterocycles. The lowest BCUT2D eigenvalue weighted by atomic mass is 10.0. The van der Waals surface area contributed by atoms with Crippen molar-refractivity contribution < 1.29 is 14.3 Å². The van der Waals surface area contributed by atoms with Crippen LogP contribution < -0.4 is 4.74 Å². The van der Waals surface area contributed by atoms with Gasteiger partial charge >= 0.3 is 0 Å². The predicted octanol–water partition coefficient (Wildman–Crippen LogP) is 2.23. The van der Waals surface area contributed by atoms with Crippen LogP contribution in [0.3, 0.4) is 0 Å². The van der Waals surface area contributed by atoms with Gasteiger partial charge < -0.3 is 14.5 Å². The molecule has 2 aliphatic rings. The van der Waals surface area contributed by atoms with E-state index in [0.29, 0.717) is 32.6 Å². The Bertz CT molecular complexity index is 608. The Hall–Kier alpha value is -2.04. The number of carbonyl (C=O) groups is 2. The number of amides is 2. The number of nitrogens with zero attached hydrogens (tertiary/aromatic N) is 2. The fraction of sp³-hybridized carbons (Fsp3) is 0.579. The minimum Gasteiger partial charge on any atom is -0.490 e. The van der Waals surface area contributed by atoms with E-state index in [9.17, 15) is 9.59 Å². The van der Waals surface area contributed by atoms with Gasteiger partial charge in [0, 0.05) is 45.4 Å². The Morgan fingerprint density at radius 3 is 2.58 bits per heavy atom. The summed E-state index contributed by atoms with van der Waals surface area (Å²) in [6.45, 7) is 6.70. The molecule has 0 N–H and O–H groups in total. The highest BCUT2D eigenvalue weighted by Crippen LogP contribution is 2.25. The molecule has 0 bridgehead atoms. The van der Waals surface area contributed by atoms with Gasteiger partial charge in [-0.2, -0.15) is 0 Å². The Kier molecular flexibility index (Phi) is 5.07. The zero-order chi connectivity index (χ0) is 17.1. The van der Waals surface area contributed by atoms with Gasteiger partial charge in [-0.05, 0) is 25.5 Å². The summed E-state index contributed by atoms with van der Waals surface area (Å²) in [4.78, 5) is 28.1. The zero-order valence-electron chi connectivity index (χ0n) is 14.5. The highest BCUT2D eigenvalue weighted by molar-refractivity contribution is 5.89. The monoisotopic (exact) mass is 330 g/mol. The lowest BCUT2D eigenvalue weighted by Gasteiger charge is -2.33.